The van der Waals surface area contributed by atoms with E-state index in [0.717, 1.165) is 42.4 Å². The van der Waals surface area contributed by atoms with E-state index in [-0.39, 0.29) is 6.03 Å². The zero-order valence-electron chi connectivity index (χ0n) is 12.8. The van der Waals surface area contributed by atoms with E-state index in [4.69, 9.17) is 0 Å². The van der Waals surface area contributed by atoms with Crippen LogP contribution in [0.5, 0.6) is 0 Å². The zero-order chi connectivity index (χ0) is 14.6. The molecule has 2 saturated carbocycles. The number of fused-ring (bicyclic) bond motifs is 5. The highest BCUT2D eigenvalue weighted by Crippen LogP contribution is 2.55. The van der Waals surface area contributed by atoms with Gasteiger partial charge in [-0.2, -0.15) is 5.10 Å². The highest BCUT2D eigenvalue weighted by atomic mass is 16.2. The van der Waals surface area contributed by atoms with Crippen LogP contribution in [0.15, 0.2) is 12.4 Å². The van der Waals surface area contributed by atoms with Crippen molar-refractivity contribution in [2.75, 3.05) is 18.4 Å². The lowest BCUT2D eigenvalue weighted by atomic mass is 9.82. The van der Waals surface area contributed by atoms with Crippen molar-refractivity contribution < 1.29 is 4.79 Å². The molecule has 2 heterocycles. The fraction of sp³-hybridized carbons (Fsp3) is 0.750. The number of likely N-dealkylation sites (tertiary alicyclic amines) is 1. The molecule has 5 nitrogen and oxygen atoms in total. The van der Waals surface area contributed by atoms with Crippen molar-refractivity contribution in [1.82, 2.24) is 14.7 Å². The number of amides is 2. The first kappa shape index (κ1) is 13.2. The Morgan fingerprint density at radius 1 is 1.29 bits per heavy atom. The highest BCUT2D eigenvalue weighted by Gasteiger charge is 2.52. The predicted molar refractivity (Wildman–Crippen MR) is 81.0 cm³/mol. The van der Waals surface area contributed by atoms with E-state index in [0.29, 0.717) is 6.04 Å². The molecular weight excluding hydrogens is 264 g/mol. The van der Waals surface area contributed by atoms with Crippen LogP contribution in [0.4, 0.5) is 10.5 Å². The maximum atomic E-state index is 12.4. The second-order valence-corrected chi connectivity index (χ2v) is 7.30. The number of carbonyl (C=O) groups is 1. The van der Waals surface area contributed by atoms with Gasteiger partial charge >= 0.3 is 6.03 Å². The molecule has 4 rings (SSSR count). The molecule has 114 valence electrons. The summed E-state index contributed by atoms with van der Waals surface area (Å²) in [5.74, 6) is 3.32. The number of aromatic nitrogens is 2. The van der Waals surface area contributed by atoms with Crippen LogP contribution >= 0.6 is 0 Å². The lowest BCUT2D eigenvalue weighted by Crippen LogP contribution is -2.34. The summed E-state index contributed by atoms with van der Waals surface area (Å²) in [6, 6.07) is 0.365. The van der Waals surface area contributed by atoms with Gasteiger partial charge in [0.2, 0.25) is 0 Å². The van der Waals surface area contributed by atoms with Crippen LogP contribution in [0.2, 0.25) is 0 Å². The minimum atomic E-state index is 0.0482. The van der Waals surface area contributed by atoms with E-state index < -0.39 is 0 Å². The smallest absolute Gasteiger partial charge is 0.321 e. The lowest BCUT2D eigenvalue weighted by molar-refractivity contribution is 0.217. The third-order valence-electron chi connectivity index (χ3n) is 5.81. The molecule has 0 unspecified atom stereocenters. The van der Waals surface area contributed by atoms with Crippen molar-refractivity contribution in [2.45, 2.75) is 39.2 Å². The normalized spacial score (nSPS) is 33.8. The van der Waals surface area contributed by atoms with Crippen molar-refractivity contribution in [1.29, 1.82) is 0 Å². The van der Waals surface area contributed by atoms with Crippen molar-refractivity contribution in [3.8, 4) is 0 Å². The number of hydrogen-bond donors (Lipinski definition) is 1. The zero-order valence-corrected chi connectivity index (χ0v) is 12.8. The summed E-state index contributed by atoms with van der Waals surface area (Å²) in [4.78, 5) is 14.5. The number of urea groups is 1. The third-order valence-corrected chi connectivity index (χ3v) is 5.81. The Balaban J connectivity index is 1.40. The molecule has 1 aliphatic heterocycles. The first-order valence-corrected chi connectivity index (χ1v) is 8.22. The maximum absolute atomic E-state index is 12.4. The summed E-state index contributed by atoms with van der Waals surface area (Å²) in [7, 11) is 0. The van der Waals surface area contributed by atoms with E-state index in [1.54, 1.807) is 6.20 Å². The van der Waals surface area contributed by atoms with Crippen LogP contribution in [-0.4, -0.2) is 33.8 Å². The molecule has 1 N–H and O–H groups in total. The average molecular weight is 288 g/mol. The van der Waals surface area contributed by atoms with Crippen LogP contribution in [-0.2, 0) is 0 Å². The molecule has 2 amide bonds. The van der Waals surface area contributed by atoms with E-state index in [9.17, 15) is 4.79 Å². The van der Waals surface area contributed by atoms with Gasteiger partial charge in [-0.3, -0.25) is 4.68 Å². The van der Waals surface area contributed by atoms with E-state index in [2.05, 4.69) is 24.3 Å². The molecule has 21 heavy (non-hydrogen) atoms. The molecule has 2 aliphatic carbocycles. The van der Waals surface area contributed by atoms with Gasteiger partial charge in [0.25, 0.3) is 0 Å². The summed E-state index contributed by atoms with van der Waals surface area (Å²) in [6.07, 6.45) is 7.85. The quantitative estimate of drug-likeness (QED) is 0.909. The average Bonchev–Trinajstić information content (AvgIpc) is 3.20. The first-order chi connectivity index (χ1) is 10.1. The number of rotatable bonds is 2. The number of carbonyl (C=O) groups excluding carboxylic acids is 1. The number of nitrogens with one attached hydrogen (secondary N) is 1. The second kappa shape index (κ2) is 4.75. The summed E-state index contributed by atoms with van der Waals surface area (Å²) < 4.78 is 1.87. The molecule has 4 atom stereocenters. The molecule has 5 heteroatoms. The van der Waals surface area contributed by atoms with Gasteiger partial charge in [0.15, 0.2) is 0 Å². The van der Waals surface area contributed by atoms with Crippen molar-refractivity contribution >= 4 is 11.7 Å². The van der Waals surface area contributed by atoms with E-state index >= 15 is 0 Å². The van der Waals surface area contributed by atoms with Gasteiger partial charge in [-0.15, -0.1) is 0 Å². The van der Waals surface area contributed by atoms with Gasteiger partial charge in [-0.1, -0.05) is 0 Å². The van der Waals surface area contributed by atoms with Gasteiger partial charge < -0.3 is 10.2 Å². The number of hydrogen-bond acceptors (Lipinski definition) is 2. The topological polar surface area (TPSA) is 50.2 Å². The fourth-order valence-electron chi connectivity index (χ4n) is 4.74. The molecule has 1 aromatic heterocycles. The van der Waals surface area contributed by atoms with Gasteiger partial charge in [-0.25, -0.2) is 4.79 Å². The minimum Gasteiger partial charge on any atom is -0.324 e. The molecule has 3 fully saturated rings. The van der Waals surface area contributed by atoms with E-state index in [1.165, 1.54) is 19.3 Å². The molecule has 2 bridgehead atoms. The van der Waals surface area contributed by atoms with Gasteiger partial charge in [0.1, 0.15) is 0 Å². The van der Waals surface area contributed by atoms with Crippen LogP contribution in [0, 0.1) is 23.7 Å². The third kappa shape index (κ3) is 2.14. The molecule has 0 aromatic carbocycles. The Morgan fingerprint density at radius 3 is 2.52 bits per heavy atom. The Hall–Kier alpha value is -1.52. The van der Waals surface area contributed by atoms with Crippen molar-refractivity contribution in [3.63, 3.8) is 0 Å². The number of anilines is 1. The van der Waals surface area contributed by atoms with Crippen LogP contribution in [0.3, 0.4) is 0 Å². The largest absolute Gasteiger partial charge is 0.324 e. The SMILES string of the molecule is CC(C)n1cc(NC(=O)N2C[C@@H]3[C@@H]4CC[C@@H](C4)[C@@H]3C2)cn1. The Bertz CT molecular complexity index is 534. The second-order valence-electron chi connectivity index (χ2n) is 7.30. The summed E-state index contributed by atoms with van der Waals surface area (Å²) in [6.45, 7) is 6.07. The minimum absolute atomic E-state index is 0.0482. The lowest BCUT2D eigenvalue weighted by Gasteiger charge is -2.22. The van der Waals surface area contributed by atoms with Crippen molar-refractivity contribution in [3.05, 3.63) is 12.4 Å². The Kier molecular flexibility index (Phi) is 2.98. The number of nitrogens with zero attached hydrogens (tertiary/aromatic N) is 3. The Morgan fingerprint density at radius 2 is 1.95 bits per heavy atom. The predicted octanol–water partition coefficient (Wildman–Crippen LogP) is 2.97. The van der Waals surface area contributed by atoms with E-state index in [1.807, 2.05) is 15.8 Å². The van der Waals surface area contributed by atoms with Crippen molar-refractivity contribution in [2.24, 2.45) is 23.7 Å². The highest BCUT2D eigenvalue weighted by molar-refractivity contribution is 5.89. The van der Waals surface area contributed by atoms with Crippen LogP contribution < -0.4 is 5.32 Å². The standard InChI is InChI=1S/C16H24N4O/c1-10(2)20-7-13(6-17-20)18-16(21)19-8-14-11-3-4-12(5-11)15(14)9-19/h6-7,10-12,14-15H,3-5,8-9H2,1-2H3,(H,18,21)/t11-,12+,14-,15+. The Labute approximate surface area is 125 Å². The first-order valence-electron chi connectivity index (χ1n) is 8.22. The monoisotopic (exact) mass is 288 g/mol. The van der Waals surface area contributed by atoms with Crippen LogP contribution in [0.25, 0.3) is 0 Å². The molecule has 3 aliphatic rings. The molecule has 1 aromatic rings. The van der Waals surface area contributed by atoms with Gasteiger partial charge in [0, 0.05) is 25.3 Å². The molecule has 0 radical (unpaired) electrons. The van der Waals surface area contributed by atoms with Gasteiger partial charge in [0.05, 0.1) is 11.9 Å². The maximum Gasteiger partial charge on any atom is 0.321 e. The summed E-state index contributed by atoms with van der Waals surface area (Å²) >= 11 is 0. The molecule has 0 spiro atoms. The van der Waals surface area contributed by atoms with Crippen LogP contribution in [0.1, 0.15) is 39.2 Å². The molecule has 1 saturated heterocycles. The summed E-state index contributed by atoms with van der Waals surface area (Å²) in [5.41, 5.74) is 0.800. The molecular formula is C16H24N4O. The summed E-state index contributed by atoms with van der Waals surface area (Å²) in [5, 5.41) is 7.27. The fourth-order valence-corrected chi connectivity index (χ4v) is 4.74. The van der Waals surface area contributed by atoms with Gasteiger partial charge in [-0.05, 0) is 56.8 Å².